The number of para-hydroxylation sites is 1. The highest BCUT2D eigenvalue weighted by molar-refractivity contribution is 6.03. The first kappa shape index (κ1) is 21.5. The van der Waals surface area contributed by atoms with E-state index in [0.29, 0.717) is 18.5 Å². The van der Waals surface area contributed by atoms with Gasteiger partial charge < -0.3 is 20.3 Å². The number of aromatic nitrogens is 1. The van der Waals surface area contributed by atoms with Gasteiger partial charge in [-0.3, -0.25) is 14.5 Å². The van der Waals surface area contributed by atoms with E-state index in [-0.39, 0.29) is 36.1 Å². The molecule has 1 aromatic carbocycles. The maximum Gasteiger partial charge on any atom is 0.267 e. The van der Waals surface area contributed by atoms with Gasteiger partial charge in [0.1, 0.15) is 11.3 Å². The second kappa shape index (κ2) is 8.93. The van der Waals surface area contributed by atoms with Gasteiger partial charge in [-0.25, -0.2) is 0 Å². The van der Waals surface area contributed by atoms with E-state index < -0.39 is 11.5 Å². The number of benzene rings is 1. The molecule has 1 aromatic heterocycles. The number of aryl methyl sites for hydroxylation is 2. The molecule has 0 spiro atoms. The predicted octanol–water partition coefficient (Wildman–Crippen LogP) is 0.742. The van der Waals surface area contributed by atoms with E-state index in [4.69, 9.17) is 0 Å². The Hall–Kier alpha value is -1.80. The van der Waals surface area contributed by atoms with Gasteiger partial charge >= 0.3 is 0 Å². The van der Waals surface area contributed by atoms with Crippen LogP contribution in [0.15, 0.2) is 23.0 Å². The van der Waals surface area contributed by atoms with Crippen molar-refractivity contribution in [3.8, 4) is 5.75 Å². The molecule has 0 bridgehead atoms. The Bertz CT molecular complexity index is 894. The van der Waals surface area contributed by atoms with Crippen LogP contribution in [0.2, 0.25) is 0 Å². The summed E-state index contributed by atoms with van der Waals surface area (Å²) in [4.78, 5) is 27.5. The second-order valence-electron chi connectivity index (χ2n) is 6.59. The van der Waals surface area contributed by atoms with Gasteiger partial charge in [-0.15, -0.1) is 24.8 Å². The average Bonchev–Trinajstić information content (AvgIpc) is 3.06. The lowest BCUT2D eigenvalue weighted by atomic mass is 10.1. The zero-order valence-corrected chi connectivity index (χ0v) is 16.5. The number of carbonyl (C=O) groups excluding carboxylic acids is 1. The third-order valence-corrected chi connectivity index (χ3v) is 5.10. The maximum atomic E-state index is 12.7. The summed E-state index contributed by atoms with van der Waals surface area (Å²) in [7, 11) is 0. The van der Waals surface area contributed by atoms with Crippen LogP contribution in [0, 0.1) is 0 Å². The summed E-state index contributed by atoms with van der Waals surface area (Å²) in [5.74, 6) is -0.708. The van der Waals surface area contributed by atoms with Gasteiger partial charge in [0.05, 0.1) is 5.52 Å². The number of carbonyl (C=O) groups is 1. The van der Waals surface area contributed by atoms with Crippen molar-refractivity contribution in [3.63, 3.8) is 0 Å². The van der Waals surface area contributed by atoms with E-state index in [2.05, 4.69) is 15.5 Å². The van der Waals surface area contributed by atoms with Crippen molar-refractivity contribution in [2.75, 3.05) is 39.3 Å². The van der Waals surface area contributed by atoms with Crippen molar-refractivity contribution in [1.82, 2.24) is 20.1 Å². The minimum Gasteiger partial charge on any atom is -0.506 e. The van der Waals surface area contributed by atoms with Crippen LogP contribution in [0.4, 0.5) is 0 Å². The number of nitrogens with one attached hydrogen (secondary N) is 2. The molecule has 0 atom stereocenters. The van der Waals surface area contributed by atoms with Gasteiger partial charge in [-0.1, -0.05) is 12.1 Å². The molecular weight excluding hydrogens is 391 g/mol. The van der Waals surface area contributed by atoms with Gasteiger partial charge in [0.2, 0.25) is 0 Å². The summed E-state index contributed by atoms with van der Waals surface area (Å²) in [6, 6.07) is 5.56. The monoisotopic (exact) mass is 414 g/mol. The Balaban J connectivity index is 0.00000131. The number of aromatic hydroxyl groups is 1. The summed E-state index contributed by atoms with van der Waals surface area (Å²) in [5, 5.41) is 17.2. The van der Waals surface area contributed by atoms with Crippen LogP contribution >= 0.6 is 24.8 Å². The summed E-state index contributed by atoms with van der Waals surface area (Å²) in [5.41, 5.74) is 1.24. The van der Waals surface area contributed by atoms with Crippen LogP contribution in [-0.4, -0.2) is 59.7 Å². The van der Waals surface area contributed by atoms with E-state index >= 15 is 0 Å². The highest BCUT2D eigenvalue weighted by Crippen LogP contribution is 2.31. The lowest BCUT2D eigenvalue weighted by molar-refractivity contribution is 0.0942. The molecule has 1 amide bonds. The fraction of sp³-hybridized carbons (Fsp3) is 0.444. The highest BCUT2D eigenvalue weighted by Gasteiger charge is 2.25. The molecule has 148 valence electrons. The standard InChI is InChI=1S/C18H22N4O3.2ClH/c23-16-13-3-1-2-12-4-8-22(15(12)13)18(25)14(16)17(24)20-7-11-21-9-5-19-6-10-21;;/h1-3,19,23H,4-11H2,(H,20,24);2*1H. The molecule has 0 aliphatic carbocycles. The van der Waals surface area contributed by atoms with Crippen LogP contribution in [0.3, 0.4) is 0 Å². The first-order valence-electron chi connectivity index (χ1n) is 8.75. The largest absolute Gasteiger partial charge is 0.506 e. The van der Waals surface area contributed by atoms with Crippen LogP contribution in [-0.2, 0) is 13.0 Å². The van der Waals surface area contributed by atoms with Crippen molar-refractivity contribution in [2.45, 2.75) is 13.0 Å². The summed E-state index contributed by atoms with van der Waals surface area (Å²) in [6.45, 7) is 5.55. The minimum absolute atomic E-state index is 0. The number of hydrogen-bond acceptors (Lipinski definition) is 5. The van der Waals surface area contributed by atoms with Gasteiger partial charge in [0, 0.05) is 51.2 Å². The van der Waals surface area contributed by atoms with E-state index in [1.54, 1.807) is 10.6 Å². The zero-order chi connectivity index (χ0) is 17.4. The molecule has 7 nitrogen and oxygen atoms in total. The molecule has 27 heavy (non-hydrogen) atoms. The molecule has 2 aliphatic rings. The fourth-order valence-electron chi connectivity index (χ4n) is 3.78. The molecule has 1 saturated heterocycles. The lowest BCUT2D eigenvalue weighted by Crippen LogP contribution is -2.46. The number of nitrogens with zero attached hydrogens (tertiary/aromatic N) is 2. The summed E-state index contributed by atoms with van der Waals surface area (Å²) >= 11 is 0. The Morgan fingerprint density at radius 2 is 1.93 bits per heavy atom. The van der Waals surface area contributed by atoms with Crippen molar-refractivity contribution >= 4 is 41.6 Å². The molecule has 3 heterocycles. The Morgan fingerprint density at radius 3 is 2.67 bits per heavy atom. The maximum absolute atomic E-state index is 12.7. The van der Waals surface area contributed by atoms with E-state index in [1.165, 1.54) is 0 Å². The predicted molar refractivity (Wildman–Crippen MR) is 110 cm³/mol. The molecule has 2 aliphatic heterocycles. The van der Waals surface area contributed by atoms with Gasteiger partial charge in [-0.2, -0.15) is 0 Å². The number of hydrogen-bond donors (Lipinski definition) is 3. The molecule has 1 fully saturated rings. The zero-order valence-electron chi connectivity index (χ0n) is 14.9. The van der Waals surface area contributed by atoms with E-state index in [1.807, 2.05) is 12.1 Å². The van der Waals surface area contributed by atoms with Crippen molar-refractivity contribution in [1.29, 1.82) is 0 Å². The summed E-state index contributed by atoms with van der Waals surface area (Å²) in [6.07, 6.45) is 0.750. The molecule has 0 saturated carbocycles. The molecule has 3 N–H and O–H groups in total. The van der Waals surface area contributed by atoms with Gasteiger partial charge in [-0.05, 0) is 18.1 Å². The first-order valence-corrected chi connectivity index (χ1v) is 8.75. The number of halogens is 2. The normalized spacial score (nSPS) is 15.9. The third-order valence-electron chi connectivity index (χ3n) is 5.10. The van der Waals surface area contributed by atoms with Gasteiger partial charge in [0.25, 0.3) is 11.5 Å². The molecule has 0 radical (unpaired) electrons. The third kappa shape index (κ3) is 3.91. The Morgan fingerprint density at radius 1 is 1.19 bits per heavy atom. The molecule has 0 unspecified atom stereocenters. The quantitative estimate of drug-likeness (QED) is 0.686. The number of amides is 1. The Kier molecular flexibility index (Phi) is 7.11. The SMILES string of the molecule is Cl.Cl.O=C(NCCN1CCNCC1)c1c(O)c2cccc3c2n(c1=O)CC3. The smallest absolute Gasteiger partial charge is 0.267 e. The van der Waals surface area contributed by atoms with Crippen molar-refractivity contribution < 1.29 is 9.90 Å². The van der Waals surface area contributed by atoms with Crippen molar-refractivity contribution in [3.05, 3.63) is 39.7 Å². The molecule has 9 heteroatoms. The topological polar surface area (TPSA) is 86.6 Å². The summed E-state index contributed by atoms with van der Waals surface area (Å²) < 4.78 is 1.61. The Labute approximate surface area is 169 Å². The van der Waals surface area contributed by atoms with Crippen LogP contribution < -0.4 is 16.2 Å². The highest BCUT2D eigenvalue weighted by atomic mass is 35.5. The first-order chi connectivity index (χ1) is 12.2. The van der Waals surface area contributed by atoms with Crippen LogP contribution in [0.25, 0.3) is 10.9 Å². The van der Waals surface area contributed by atoms with Crippen molar-refractivity contribution in [2.24, 2.45) is 0 Å². The van der Waals surface area contributed by atoms with Gasteiger partial charge in [0.15, 0.2) is 0 Å². The number of piperazine rings is 1. The number of pyridine rings is 1. The van der Waals surface area contributed by atoms with Crippen LogP contribution in [0.1, 0.15) is 15.9 Å². The second-order valence-corrected chi connectivity index (χ2v) is 6.59. The van der Waals surface area contributed by atoms with E-state index in [9.17, 15) is 14.7 Å². The fourth-order valence-corrected chi connectivity index (χ4v) is 3.78. The lowest BCUT2D eigenvalue weighted by Gasteiger charge is -2.27. The molecule has 2 aromatic rings. The molecule has 4 rings (SSSR count). The average molecular weight is 415 g/mol. The van der Waals surface area contributed by atoms with Crippen LogP contribution in [0.5, 0.6) is 5.75 Å². The minimum atomic E-state index is -0.499. The van der Waals surface area contributed by atoms with E-state index in [0.717, 1.165) is 50.2 Å². The number of rotatable bonds is 4. The molecular formula is C18H24Cl2N4O3.